The highest BCUT2D eigenvalue weighted by molar-refractivity contribution is 6.04. The fourth-order valence-corrected chi connectivity index (χ4v) is 1.93. The van der Waals surface area contributed by atoms with Crippen molar-refractivity contribution >= 4 is 16.7 Å². The number of amides is 1. The van der Waals surface area contributed by atoms with Gasteiger partial charge in [-0.1, -0.05) is 31.5 Å². The molecule has 19 heavy (non-hydrogen) atoms. The maximum atomic E-state index is 12.2. The van der Waals surface area contributed by atoms with Gasteiger partial charge in [-0.05, 0) is 12.5 Å². The fourth-order valence-electron chi connectivity index (χ4n) is 1.93. The molecule has 2 aromatic rings. The van der Waals surface area contributed by atoms with Crippen LogP contribution in [0.15, 0.2) is 29.1 Å². The van der Waals surface area contributed by atoms with Crippen LogP contribution in [0.25, 0.3) is 10.8 Å². The number of aryl methyl sites for hydroxylation is 1. The Morgan fingerprint density at radius 3 is 2.68 bits per heavy atom. The van der Waals surface area contributed by atoms with Gasteiger partial charge in [0.05, 0.1) is 5.39 Å². The van der Waals surface area contributed by atoms with Crippen LogP contribution in [-0.4, -0.2) is 15.7 Å². The summed E-state index contributed by atoms with van der Waals surface area (Å²) in [6, 6.07) is 6.90. The second-order valence-electron chi connectivity index (χ2n) is 4.25. The third-order valence-electron chi connectivity index (χ3n) is 2.94. The topological polar surface area (TPSA) is 90.0 Å². The van der Waals surface area contributed by atoms with Gasteiger partial charge >= 0.3 is 0 Å². The van der Waals surface area contributed by atoms with Gasteiger partial charge in [-0.15, -0.1) is 0 Å². The maximum Gasteiger partial charge on any atom is 0.286 e. The monoisotopic (exact) mass is 260 g/mol. The molecule has 0 saturated heterocycles. The number of fused-ring (bicyclic) bond motifs is 1. The molecule has 1 heterocycles. The van der Waals surface area contributed by atoms with Crippen molar-refractivity contribution in [2.24, 2.45) is 5.84 Å². The Bertz CT molecular complexity index is 663. The molecule has 2 rings (SSSR count). The van der Waals surface area contributed by atoms with E-state index in [0.717, 1.165) is 12.8 Å². The molecule has 6 heteroatoms. The average Bonchev–Trinajstić information content (AvgIpc) is 2.46. The fraction of sp³-hybridized carbons (Fsp3) is 0.308. The highest BCUT2D eigenvalue weighted by Gasteiger charge is 2.15. The number of aromatic nitrogens is 2. The number of nitrogen functional groups attached to an aromatic ring is 1. The summed E-state index contributed by atoms with van der Waals surface area (Å²) in [6.07, 6.45) is 1.77. The van der Waals surface area contributed by atoms with E-state index in [4.69, 9.17) is 5.84 Å². The van der Waals surface area contributed by atoms with Gasteiger partial charge in [-0.3, -0.25) is 15.0 Å². The zero-order valence-electron chi connectivity index (χ0n) is 10.7. The van der Waals surface area contributed by atoms with E-state index in [0.29, 0.717) is 17.3 Å². The molecule has 0 bridgehead atoms. The number of unbranched alkanes of at least 4 members (excludes halogenated alkanes) is 1. The number of nitrogens with zero attached hydrogens (tertiary/aromatic N) is 2. The van der Waals surface area contributed by atoms with E-state index in [9.17, 15) is 9.59 Å². The number of carbonyl (C=O) groups is 1. The number of hydrazine groups is 1. The van der Waals surface area contributed by atoms with E-state index < -0.39 is 5.91 Å². The molecule has 100 valence electrons. The Kier molecular flexibility index (Phi) is 3.91. The highest BCUT2D eigenvalue weighted by atomic mass is 16.2. The third kappa shape index (κ3) is 2.48. The lowest BCUT2D eigenvalue weighted by atomic mass is 10.1. The predicted molar refractivity (Wildman–Crippen MR) is 72.6 cm³/mol. The molecule has 0 radical (unpaired) electrons. The highest BCUT2D eigenvalue weighted by Crippen LogP contribution is 2.13. The van der Waals surface area contributed by atoms with Crippen molar-refractivity contribution in [3.05, 3.63) is 40.3 Å². The number of carbonyl (C=O) groups excluding carboxylic acids is 1. The first kappa shape index (κ1) is 13.2. The average molecular weight is 260 g/mol. The van der Waals surface area contributed by atoms with Crippen molar-refractivity contribution in [2.45, 2.75) is 26.3 Å². The lowest BCUT2D eigenvalue weighted by Crippen LogP contribution is -2.34. The Hall–Kier alpha value is -2.21. The Morgan fingerprint density at radius 2 is 2.05 bits per heavy atom. The summed E-state index contributed by atoms with van der Waals surface area (Å²) in [7, 11) is 0. The molecule has 0 aliphatic carbocycles. The largest absolute Gasteiger partial charge is 0.289 e. The molecule has 0 spiro atoms. The van der Waals surface area contributed by atoms with Gasteiger partial charge in [-0.2, -0.15) is 5.10 Å². The van der Waals surface area contributed by atoms with Crippen LogP contribution in [0.1, 0.15) is 30.3 Å². The molecule has 3 N–H and O–H groups in total. The van der Waals surface area contributed by atoms with E-state index in [2.05, 4.69) is 10.5 Å². The first-order chi connectivity index (χ1) is 9.19. The quantitative estimate of drug-likeness (QED) is 0.483. The minimum Gasteiger partial charge on any atom is -0.289 e. The number of rotatable bonds is 4. The Morgan fingerprint density at radius 1 is 1.37 bits per heavy atom. The summed E-state index contributed by atoms with van der Waals surface area (Å²) >= 11 is 0. The van der Waals surface area contributed by atoms with Gasteiger partial charge in [0.15, 0.2) is 5.69 Å². The van der Waals surface area contributed by atoms with Gasteiger partial charge in [0, 0.05) is 11.9 Å². The molecular formula is C13H16N4O2. The summed E-state index contributed by atoms with van der Waals surface area (Å²) in [6.45, 7) is 2.52. The van der Waals surface area contributed by atoms with Gasteiger partial charge < -0.3 is 0 Å². The molecular weight excluding hydrogens is 244 g/mol. The van der Waals surface area contributed by atoms with Crippen LogP contribution in [0.3, 0.4) is 0 Å². The molecule has 0 aliphatic heterocycles. The Balaban J connectivity index is 2.69. The van der Waals surface area contributed by atoms with Gasteiger partial charge in [0.25, 0.3) is 11.5 Å². The predicted octanol–water partition coefficient (Wildman–Crippen LogP) is 0.800. The van der Waals surface area contributed by atoms with E-state index in [1.807, 2.05) is 6.92 Å². The van der Waals surface area contributed by atoms with Crippen LogP contribution < -0.4 is 16.8 Å². The molecule has 0 saturated carbocycles. The molecule has 0 fully saturated rings. The summed E-state index contributed by atoms with van der Waals surface area (Å²) in [5.74, 6) is 4.66. The van der Waals surface area contributed by atoms with E-state index in [1.54, 1.807) is 24.3 Å². The first-order valence-electron chi connectivity index (χ1n) is 6.19. The van der Waals surface area contributed by atoms with Crippen molar-refractivity contribution in [1.29, 1.82) is 0 Å². The molecule has 0 unspecified atom stereocenters. The Labute approximate surface area is 110 Å². The molecule has 0 atom stereocenters. The van der Waals surface area contributed by atoms with Crippen molar-refractivity contribution < 1.29 is 4.79 Å². The molecule has 1 amide bonds. The third-order valence-corrected chi connectivity index (χ3v) is 2.94. The van der Waals surface area contributed by atoms with E-state index >= 15 is 0 Å². The zero-order chi connectivity index (χ0) is 13.8. The standard InChI is InChI=1S/C13H16N4O2/c1-2-3-8-17-13(19)10-7-5-4-6-9(10)11(16-17)12(18)15-14/h4-7H,2-3,8,14H2,1H3,(H,15,18). The second-order valence-corrected chi connectivity index (χ2v) is 4.25. The van der Waals surface area contributed by atoms with Crippen molar-refractivity contribution in [3.63, 3.8) is 0 Å². The molecule has 1 aromatic heterocycles. The SMILES string of the molecule is CCCCn1nc(C(=O)NN)c2ccccc2c1=O. The van der Waals surface area contributed by atoms with Gasteiger partial charge in [0.1, 0.15) is 0 Å². The molecule has 6 nitrogen and oxygen atoms in total. The van der Waals surface area contributed by atoms with Crippen LogP contribution in [0.5, 0.6) is 0 Å². The minimum absolute atomic E-state index is 0.175. The second kappa shape index (κ2) is 5.62. The van der Waals surface area contributed by atoms with Gasteiger partial charge in [0.2, 0.25) is 0 Å². The smallest absolute Gasteiger partial charge is 0.286 e. The van der Waals surface area contributed by atoms with Crippen molar-refractivity contribution in [1.82, 2.24) is 15.2 Å². The number of benzene rings is 1. The number of nitrogens with one attached hydrogen (secondary N) is 1. The van der Waals surface area contributed by atoms with Crippen LogP contribution in [-0.2, 0) is 6.54 Å². The number of nitrogens with two attached hydrogens (primary N) is 1. The van der Waals surface area contributed by atoms with E-state index in [-0.39, 0.29) is 11.3 Å². The van der Waals surface area contributed by atoms with Crippen molar-refractivity contribution in [3.8, 4) is 0 Å². The van der Waals surface area contributed by atoms with Crippen LogP contribution in [0.2, 0.25) is 0 Å². The van der Waals surface area contributed by atoms with Gasteiger partial charge in [-0.25, -0.2) is 10.5 Å². The summed E-state index contributed by atoms with van der Waals surface area (Å²) < 4.78 is 1.33. The van der Waals surface area contributed by atoms with Crippen LogP contribution in [0, 0.1) is 0 Å². The zero-order valence-corrected chi connectivity index (χ0v) is 10.7. The van der Waals surface area contributed by atoms with E-state index in [1.165, 1.54) is 4.68 Å². The molecule has 1 aromatic carbocycles. The number of hydrogen-bond donors (Lipinski definition) is 2. The maximum absolute atomic E-state index is 12.2. The normalized spacial score (nSPS) is 10.6. The van der Waals surface area contributed by atoms with Crippen LogP contribution in [0.4, 0.5) is 0 Å². The molecule has 0 aliphatic rings. The number of hydrogen-bond acceptors (Lipinski definition) is 4. The van der Waals surface area contributed by atoms with Crippen molar-refractivity contribution in [2.75, 3.05) is 0 Å². The summed E-state index contributed by atoms with van der Waals surface area (Å²) in [5.41, 5.74) is 2.05. The lowest BCUT2D eigenvalue weighted by molar-refractivity contribution is 0.0948. The van der Waals surface area contributed by atoms with Crippen LogP contribution >= 0.6 is 0 Å². The first-order valence-corrected chi connectivity index (χ1v) is 6.19. The lowest BCUT2D eigenvalue weighted by Gasteiger charge is -2.09. The minimum atomic E-state index is -0.499. The summed E-state index contributed by atoms with van der Waals surface area (Å²) in [5, 5.41) is 5.12. The summed E-state index contributed by atoms with van der Waals surface area (Å²) in [4.78, 5) is 24.0.